The lowest BCUT2D eigenvalue weighted by atomic mass is 9.46. The third-order valence-electron chi connectivity index (χ3n) is 12.3. The largest absolute Gasteiger partial charge is 0.487 e. The summed E-state index contributed by atoms with van der Waals surface area (Å²) in [4.78, 5) is 0. The third kappa shape index (κ3) is 3.44. The zero-order valence-corrected chi connectivity index (χ0v) is 22.4. The molecule has 2 heteroatoms. The van der Waals surface area contributed by atoms with Crippen LogP contribution < -0.4 is 4.74 Å². The summed E-state index contributed by atoms with van der Waals surface area (Å²) < 4.78 is 12.7. The average molecular weight is 475 g/mol. The lowest BCUT2D eigenvalue weighted by molar-refractivity contribution is -0.00930. The highest BCUT2D eigenvalue weighted by atomic mass is 16.6. The number of epoxide rings is 1. The molecule has 8 bridgehead atoms. The Labute approximate surface area is 212 Å². The van der Waals surface area contributed by atoms with E-state index in [2.05, 4.69) is 32.9 Å². The summed E-state index contributed by atoms with van der Waals surface area (Å²) in [6.45, 7) is 8.02. The summed E-state index contributed by atoms with van der Waals surface area (Å²) in [5.41, 5.74) is 5.99. The first-order valence-corrected chi connectivity index (χ1v) is 15.3. The third-order valence-corrected chi connectivity index (χ3v) is 12.3. The molecular formula is C33H46O2. The molecule has 8 aliphatic carbocycles. The molecule has 2 nitrogen and oxygen atoms in total. The highest BCUT2D eigenvalue weighted by Crippen LogP contribution is 2.64. The van der Waals surface area contributed by atoms with E-state index in [0.717, 1.165) is 42.1 Å². The van der Waals surface area contributed by atoms with Gasteiger partial charge >= 0.3 is 0 Å². The van der Waals surface area contributed by atoms with Crippen LogP contribution in [0.5, 0.6) is 5.75 Å². The minimum atomic E-state index is 0.186. The van der Waals surface area contributed by atoms with Crippen molar-refractivity contribution in [2.24, 2.45) is 41.4 Å². The van der Waals surface area contributed by atoms with Crippen LogP contribution in [0.3, 0.4) is 0 Å². The Kier molecular flexibility index (Phi) is 4.73. The predicted octanol–water partition coefficient (Wildman–Crippen LogP) is 7.73. The molecule has 190 valence electrons. The van der Waals surface area contributed by atoms with Crippen LogP contribution in [0.1, 0.15) is 108 Å². The van der Waals surface area contributed by atoms with Gasteiger partial charge < -0.3 is 9.47 Å². The molecule has 9 aliphatic rings. The summed E-state index contributed by atoms with van der Waals surface area (Å²) in [5.74, 6) is 7.56. The highest BCUT2D eigenvalue weighted by Gasteiger charge is 2.55. The quantitative estimate of drug-likeness (QED) is 0.393. The van der Waals surface area contributed by atoms with Gasteiger partial charge in [-0.05, 0) is 165 Å². The summed E-state index contributed by atoms with van der Waals surface area (Å²) in [6, 6.07) is 5.12. The molecule has 1 heterocycles. The van der Waals surface area contributed by atoms with Gasteiger partial charge in [0.1, 0.15) is 18.0 Å². The summed E-state index contributed by atoms with van der Waals surface area (Å²) in [7, 11) is 0. The number of hydrogen-bond acceptors (Lipinski definition) is 2. The second-order valence-electron chi connectivity index (χ2n) is 15.2. The Balaban J connectivity index is 1.25. The van der Waals surface area contributed by atoms with E-state index in [-0.39, 0.29) is 6.10 Å². The van der Waals surface area contributed by atoms with E-state index in [1.165, 1.54) is 82.8 Å². The van der Waals surface area contributed by atoms with Gasteiger partial charge in [0.05, 0.1) is 6.61 Å². The van der Waals surface area contributed by atoms with E-state index in [9.17, 15) is 0 Å². The second-order valence-corrected chi connectivity index (χ2v) is 15.2. The number of hydrogen-bond donors (Lipinski definition) is 0. The van der Waals surface area contributed by atoms with Crippen LogP contribution in [0.25, 0.3) is 0 Å². The maximum Gasteiger partial charge on any atom is 0.129 e. The van der Waals surface area contributed by atoms with Crippen molar-refractivity contribution in [3.63, 3.8) is 0 Å². The molecule has 0 spiro atoms. The first-order valence-electron chi connectivity index (χ1n) is 15.3. The topological polar surface area (TPSA) is 21.8 Å². The average Bonchev–Trinajstić information content (AvgIpc) is 3.61. The van der Waals surface area contributed by atoms with E-state index in [4.69, 9.17) is 9.47 Å². The fourth-order valence-corrected chi connectivity index (χ4v) is 11.8. The first kappa shape index (κ1) is 22.0. The molecular weight excluding hydrogens is 428 g/mol. The van der Waals surface area contributed by atoms with Gasteiger partial charge in [-0.1, -0.05) is 13.8 Å². The Morgan fingerprint density at radius 2 is 1.09 bits per heavy atom. The van der Waals surface area contributed by atoms with E-state index in [0.29, 0.717) is 22.9 Å². The first-order chi connectivity index (χ1) is 16.9. The molecule has 10 rings (SSSR count). The molecule has 1 aliphatic heterocycles. The maximum absolute atomic E-state index is 6.94. The Morgan fingerprint density at radius 3 is 1.40 bits per heavy atom. The minimum absolute atomic E-state index is 0.186. The molecule has 0 aromatic heterocycles. The van der Waals surface area contributed by atoms with Crippen LogP contribution in [0.15, 0.2) is 12.1 Å². The van der Waals surface area contributed by atoms with Crippen molar-refractivity contribution in [2.45, 2.75) is 121 Å². The lowest BCUT2D eigenvalue weighted by Crippen LogP contribution is -2.50. The summed E-state index contributed by atoms with van der Waals surface area (Å²) in [6.07, 6.45) is 18.3. The van der Waals surface area contributed by atoms with Crippen molar-refractivity contribution in [2.75, 3.05) is 6.61 Å². The van der Waals surface area contributed by atoms with Crippen molar-refractivity contribution < 1.29 is 9.47 Å². The monoisotopic (exact) mass is 474 g/mol. The van der Waals surface area contributed by atoms with E-state index < -0.39 is 0 Å². The molecule has 9 fully saturated rings. The Morgan fingerprint density at radius 1 is 0.714 bits per heavy atom. The molecule has 0 N–H and O–H groups in total. The van der Waals surface area contributed by atoms with Crippen molar-refractivity contribution >= 4 is 0 Å². The summed E-state index contributed by atoms with van der Waals surface area (Å²) in [5, 5.41) is 0. The SMILES string of the molecule is Cc1c(C23CC4CC(CC(C4)C2)C3)cc(OC(C(C)C)C2CO2)cc1C12CC3CC(CC(C3)C1)C2. The second kappa shape index (κ2) is 7.52. The van der Waals surface area contributed by atoms with Crippen molar-refractivity contribution in [3.05, 3.63) is 28.8 Å². The zero-order chi connectivity index (χ0) is 23.5. The van der Waals surface area contributed by atoms with Gasteiger partial charge in [0.25, 0.3) is 0 Å². The van der Waals surface area contributed by atoms with Gasteiger partial charge in [0, 0.05) is 0 Å². The van der Waals surface area contributed by atoms with Crippen LogP contribution in [0, 0.1) is 48.3 Å². The smallest absolute Gasteiger partial charge is 0.129 e. The normalized spacial score (nSPS) is 47.5. The number of benzene rings is 1. The molecule has 1 aromatic carbocycles. The van der Waals surface area contributed by atoms with Crippen molar-refractivity contribution in [1.82, 2.24) is 0 Å². The van der Waals surface area contributed by atoms with E-state index in [1.807, 2.05) is 0 Å². The molecule has 1 saturated heterocycles. The molecule has 1 aromatic rings. The van der Waals surface area contributed by atoms with Gasteiger partial charge in [0.15, 0.2) is 0 Å². The van der Waals surface area contributed by atoms with Crippen molar-refractivity contribution in [3.8, 4) is 5.75 Å². The van der Waals surface area contributed by atoms with Crippen molar-refractivity contribution in [1.29, 1.82) is 0 Å². The maximum atomic E-state index is 6.94. The Hall–Kier alpha value is -1.02. The number of ether oxygens (including phenoxy) is 2. The van der Waals surface area contributed by atoms with Gasteiger partial charge in [-0.15, -0.1) is 0 Å². The fourth-order valence-electron chi connectivity index (χ4n) is 11.8. The minimum Gasteiger partial charge on any atom is -0.487 e. The van der Waals surface area contributed by atoms with E-state index in [1.54, 1.807) is 16.7 Å². The highest BCUT2D eigenvalue weighted by molar-refractivity contribution is 5.50. The van der Waals surface area contributed by atoms with Gasteiger partial charge in [-0.25, -0.2) is 0 Å². The fraction of sp³-hybridized carbons (Fsp3) is 0.818. The van der Waals surface area contributed by atoms with Gasteiger partial charge in [0.2, 0.25) is 0 Å². The summed E-state index contributed by atoms with van der Waals surface area (Å²) >= 11 is 0. The number of rotatable bonds is 6. The molecule has 0 radical (unpaired) electrons. The molecule has 35 heavy (non-hydrogen) atoms. The molecule has 2 unspecified atom stereocenters. The Bertz CT molecular complexity index is 878. The molecule has 8 saturated carbocycles. The molecule has 0 amide bonds. The van der Waals surface area contributed by atoms with Crippen LogP contribution in [-0.4, -0.2) is 18.8 Å². The van der Waals surface area contributed by atoms with Gasteiger partial charge in [-0.2, -0.15) is 0 Å². The van der Waals surface area contributed by atoms with Crippen LogP contribution >= 0.6 is 0 Å². The standard InChI is InChI=1S/C33H46O2/c1-19(2)31(30-18-34-30)35-27-10-28(32-12-21-4-22(13-32)6-23(5-21)14-32)20(3)29(11-27)33-15-24-7-25(16-33)9-26(8-24)17-33/h10-11,19,21-26,30-31H,4-9,12-18H2,1-3H3. The van der Waals surface area contributed by atoms with Crippen LogP contribution in [0.4, 0.5) is 0 Å². The molecule has 2 atom stereocenters. The zero-order valence-electron chi connectivity index (χ0n) is 22.4. The predicted molar refractivity (Wildman–Crippen MR) is 140 cm³/mol. The van der Waals surface area contributed by atoms with Crippen LogP contribution in [-0.2, 0) is 15.6 Å². The lowest BCUT2D eigenvalue weighted by Gasteiger charge is -2.59. The van der Waals surface area contributed by atoms with Gasteiger partial charge in [-0.3, -0.25) is 0 Å². The van der Waals surface area contributed by atoms with E-state index >= 15 is 0 Å². The van der Waals surface area contributed by atoms with Crippen LogP contribution in [0.2, 0.25) is 0 Å².